The molecule has 0 aromatic rings. The van der Waals surface area contributed by atoms with Crippen LogP contribution in [0.5, 0.6) is 0 Å². The van der Waals surface area contributed by atoms with E-state index >= 15 is 0 Å². The molecule has 19 nitrogen and oxygen atoms in total. The van der Waals surface area contributed by atoms with E-state index in [1.54, 1.807) is 6.08 Å². The molecule has 12 N–H and O–H groups in total. The topological polar surface area (TPSA) is 307 Å². The lowest BCUT2D eigenvalue weighted by molar-refractivity contribution is -0.379. The Kier molecular flexibility index (Phi) is 56.3. The maximum atomic E-state index is 13.5. The molecule has 1 amide bonds. The van der Waals surface area contributed by atoms with Crippen molar-refractivity contribution in [3.63, 3.8) is 0 Å². The smallest absolute Gasteiger partial charge is 0.220 e. The van der Waals surface area contributed by atoms with Crippen LogP contribution in [0.1, 0.15) is 354 Å². The van der Waals surface area contributed by atoms with E-state index in [2.05, 4.69) is 19.2 Å². The highest BCUT2D eigenvalue weighted by molar-refractivity contribution is 5.76. The predicted octanol–water partition coefficient (Wildman–Crippen LogP) is 13.6. The average molecular weight is 1400 g/mol. The Hall–Kier alpha value is -1.47. The van der Waals surface area contributed by atoms with E-state index in [1.807, 2.05) is 6.08 Å². The van der Waals surface area contributed by atoms with Crippen molar-refractivity contribution in [3.8, 4) is 0 Å². The fourth-order valence-electron chi connectivity index (χ4n) is 14.3. The third kappa shape index (κ3) is 40.7. The van der Waals surface area contributed by atoms with Gasteiger partial charge in [-0.3, -0.25) is 4.79 Å². The van der Waals surface area contributed by atoms with Crippen LogP contribution in [0.4, 0.5) is 0 Å². The fourth-order valence-corrected chi connectivity index (χ4v) is 14.3. The van der Waals surface area contributed by atoms with Gasteiger partial charge in [0.1, 0.15) is 73.2 Å². The number of unbranched alkanes of at least 4 members (excludes halogenated alkanes) is 50. The van der Waals surface area contributed by atoms with Crippen LogP contribution < -0.4 is 5.32 Å². The first-order chi connectivity index (χ1) is 47.8. The van der Waals surface area contributed by atoms with Crippen molar-refractivity contribution < 1.29 is 89.4 Å². The molecule has 3 fully saturated rings. The lowest BCUT2D eigenvalue weighted by atomic mass is 9.96. The Morgan fingerprint density at radius 2 is 0.633 bits per heavy atom. The van der Waals surface area contributed by atoms with Gasteiger partial charge in [-0.05, 0) is 19.3 Å². The van der Waals surface area contributed by atoms with Crippen LogP contribution in [0, 0.1) is 0 Å². The Morgan fingerprint density at radius 3 is 0.959 bits per heavy atom. The Labute approximate surface area is 595 Å². The number of ether oxygens (including phenoxy) is 6. The van der Waals surface area contributed by atoms with Gasteiger partial charge in [-0.15, -0.1) is 0 Å². The summed E-state index contributed by atoms with van der Waals surface area (Å²) in [4.78, 5) is 13.5. The van der Waals surface area contributed by atoms with Gasteiger partial charge in [0, 0.05) is 6.42 Å². The van der Waals surface area contributed by atoms with Gasteiger partial charge in [-0.25, -0.2) is 0 Å². The van der Waals surface area contributed by atoms with Gasteiger partial charge in [0.2, 0.25) is 5.91 Å². The molecule has 0 radical (unpaired) electrons. The molecular formula is C79H151NO18. The maximum Gasteiger partial charge on any atom is 0.220 e. The summed E-state index contributed by atoms with van der Waals surface area (Å²) < 4.78 is 34.4. The van der Waals surface area contributed by atoms with Gasteiger partial charge >= 0.3 is 0 Å². The number of nitrogens with one attached hydrogen (secondary N) is 1. The number of aliphatic hydroxyl groups is 11. The largest absolute Gasteiger partial charge is 0.394 e. The van der Waals surface area contributed by atoms with Crippen LogP contribution in [-0.4, -0.2) is 193 Å². The zero-order valence-electron chi connectivity index (χ0n) is 62.1. The van der Waals surface area contributed by atoms with E-state index < -0.39 is 124 Å². The zero-order valence-corrected chi connectivity index (χ0v) is 62.1. The van der Waals surface area contributed by atoms with Crippen molar-refractivity contribution >= 4 is 5.91 Å². The quantitative estimate of drug-likeness (QED) is 0.0199. The van der Waals surface area contributed by atoms with Gasteiger partial charge in [0.05, 0.1) is 38.6 Å². The molecule has 17 atom stereocenters. The fraction of sp³-hybridized carbons (Fsp3) is 0.962. The normalized spacial score (nSPS) is 26.7. The van der Waals surface area contributed by atoms with Gasteiger partial charge in [0.25, 0.3) is 0 Å². The number of allylic oxidation sites excluding steroid dienone is 1. The highest BCUT2D eigenvalue weighted by Gasteiger charge is 2.54. The van der Waals surface area contributed by atoms with Crippen LogP contribution in [0.3, 0.4) is 0 Å². The first kappa shape index (κ1) is 90.7. The monoisotopic (exact) mass is 1400 g/mol. The van der Waals surface area contributed by atoms with Crippen molar-refractivity contribution in [1.82, 2.24) is 5.32 Å². The Bertz CT molecular complexity index is 1820. The second-order valence-electron chi connectivity index (χ2n) is 29.6. The first-order valence-corrected chi connectivity index (χ1v) is 40.9. The highest BCUT2D eigenvalue weighted by atomic mass is 16.8. The van der Waals surface area contributed by atoms with Gasteiger partial charge in [-0.2, -0.15) is 0 Å². The molecule has 0 aromatic heterocycles. The van der Waals surface area contributed by atoms with E-state index in [9.17, 15) is 61.0 Å². The molecular weight excluding hydrogens is 1250 g/mol. The predicted molar refractivity (Wildman–Crippen MR) is 388 cm³/mol. The minimum atomic E-state index is -1.98. The van der Waals surface area contributed by atoms with Crippen LogP contribution >= 0.6 is 0 Å². The van der Waals surface area contributed by atoms with Crippen molar-refractivity contribution in [3.05, 3.63) is 12.2 Å². The SMILES string of the molecule is CCCCCCCCCCCCCCCCCC/C=C/C(O)C(COC1OC(CO)C(OC2OC(CO)C(OC3OC(CO)C(O)C(O)C3O)C(O)C2O)C(O)C1O)NC(=O)CCCCCCCCCCCCCCCCCCCCCCCCCCCCCCCCCCCCC. The number of hydrogen-bond donors (Lipinski definition) is 12. The van der Waals surface area contributed by atoms with Gasteiger partial charge in [0.15, 0.2) is 18.9 Å². The molecule has 580 valence electrons. The molecule has 3 rings (SSSR count). The summed E-state index contributed by atoms with van der Waals surface area (Å²) in [5.41, 5.74) is 0. The zero-order chi connectivity index (χ0) is 71.1. The van der Waals surface area contributed by atoms with Crippen LogP contribution in [0.2, 0.25) is 0 Å². The van der Waals surface area contributed by atoms with E-state index in [0.29, 0.717) is 6.42 Å². The minimum Gasteiger partial charge on any atom is -0.394 e. The standard InChI is InChI=1S/C79H151NO18/c1-3-5-7-9-11-13-15-17-19-21-23-24-25-26-27-28-29-30-31-32-33-34-35-36-37-38-39-41-43-45-47-49-51-53-55-57-67(85)80-62(63(84)56-54-52-50-48-46-44-42-40-22-20-18-16-14-12-10-8-6-4-2)61-93-77-73(91)70(88)75(65(59-82)95-77)98-79-74(92)71(89)76(66(60-83)96-79)97-78-72(90)69(87)68(86)64(58-81)94-78/h54,56,62-66,68-79,81-84,86-92H,3-53,55,57-61H2,1-2H3,(H,80,85)/b56-54+. The van der Waals surface area contributed by atoms with Crippen LogP contribution in [-0.2, 0) is 33.2 Å². The highest BCUT2D eigenvalue weighted by Crippen LogP contribution is 2.33. The maximum absolute atomic E-state index is 13.5. The van der Waals surface area contributed by atoms with Crippen LogP contribution in [0.15, 0.2) is 12.2 Å². The summed E-state index contributed by atoms with van der Waals surface area (Å²) in [7, 11) is 0. The van der Waals surface area contributed by atoms with Crippen molar-refractivity contribution in [1.29, 1.82) is 0 Å². The molecule has 0 saturated carbocycles. The van der Waals surface area contributed by atoms with E-state index in [1.165, 1.54) is 283 Å². The molecule has 0 bridgehead atoms. The third-order valence-electron chi connectivity index (χ3n) is 20.8. The summed E-state index contributed by atoms with van der Waals surface area (Å²) in [6.07, 6.45) is 45.1. The number of aliphatic hydroxyl groups excluding tert-OH is 11. The molecule has 98 heavy (non-hydrogen) atoms. The molecule has 0 aromatic carbocycles. The summed E-state index contributed by atoms with van der Waals surface area (Å²) in [5, 5.41) is 121. The number of carbonyl (C=O) groups is 1. The molecule has 19 heteroatoms. The molecule has 3 aliphatic heterocycles. The summed E-state index contributed by atoms with van der Waals surface area (Å²) in [5.74, 6) is -0.267. The van der Waals surface area contributed by atoms with Crippen molar-refractivity contribution in [2.24, 2.45) is 0 Å². The van der Waals surface area contributed by atoms with Crippen molar-refractivity contribution in [2.75, 3.05) is 26.4 Å². The van der Waals surface area contributed by atoms with Crippen molar-refractivity contribution in [2.45, 2.75) is 458 Å². The minimum absolute atomic E-state index is 0.250. The third-order valence-corrected chi connectivity index (χ3v) is 20.8. The van der Waals surface area contributed by atoms with Crippen LogP contribution in [0.25, 0.3) is 0 Å². The second kappa shape index (κ2) is 60.8. The van der Waals surface area contributed by atoms with Gasteiger partial charge < -0.3 is 89.9 Å². The molecule has 3 aliphatic rings. The Balaban J connectivity index is 1.32. The molecule has 3 heterocycles. The molecule has 17 unspecified atom stereocenters. The van der Waals surface area contributed by atoms with Gasteiger partial charge in [-0.1, -0.05) is 341 Å². The molecule has 0 aliphatic carbocycles. The van der Waals surface area contributed by atoms with E-state index in [0.717, 1.165) is 44.9 Å². The number of hydrogen-bond acceptors (Lipinski definition) is 18. The lowest BCUT2D eigenvalue weighted by Crippen LogP contribution is -2.66. The van der Waals surface area contributed by atoms with E-state index in [4.69, 9.17) is 28.4 Å². The number of amides is 1. The second-order valence-corrected chi connectivity index (χ2v) is 29.6. The summed E-state index contributed by atoms with van der Waals surface area (Å²) in [6, 6.07) is -0.970. The summed E-state index contributed by atoms with van der Waals surface area (Å²) in [6.45, 7) is 1.79. The lowest BCUT2D eigenvalue weighted by Gasteiger charge is -2.48. The average Bonchev–Trinajstić information content (AvgIpc) is 0.784. The molecule has 0 spiro atoms. The Morgan fingerprint density at radius 1 is 0.357 bits per heavy atom. The number of rotatable bonds is 66. The molecule has 3 saturated heterocycles. The summed E-state index contributed by atoms with van der Waals surface area (Å²) >= 11 is 0. The van der Waals surface area contributed by atoms with E-state index in [-0.39, 0.29) is 18.9 Å². The number of carbonyl (C=O) groups excluding carboxylic acids is 1. The first-order valence-electron chi connectivity index (χ1n) is 40.9.